The number of hydrogen-bond donors (Lipinski definition) is 3. The van der Waals surface area contributed by atoms with Crippen LogP contribution in [0.15, 0.2) is 36.4 Å². The number of rotatable bonds is 5. The van der Waals surface area contributed by atoms with Gasteiger partial charge in [-0.05, 0) is 81.9 Å². The fraction of sp³-hybridized carbons (Fsp3) is 0.480. The number of hydrogen-bond acceptors (Lipinski definition) is 6. The van der Waals surface area contributed by atoms with Crippen molar-refractivity contribution in [1.29, 1.82) is 0 Å². The van der Waals surface area contributed by atoms with Crippen molar-refractivity contribution in [3.8, 4) is 17.0 Å². The average Bonchev–Trinajstić information content (AvgIpc) is 2.75. The lowest BCUT2D eigenvalue weighted by Gasteiger charge is -2.55. The number of nitrogens with one attached hydrogen (secondary N) is 2. The topological polar surface area (TPSA) is 90.4 Å². The van der Waals surface area contributed by atoms with Crippen LogP contribution < -0.4 is 15.5 Å². The van der Waals surface area contributed by atoms with Gasteiger partial charge in [-0.15, -0.1) is 10.2 Å². The van der Waals surface area contributed by atoms with E-state index in [0.29, 0.717) is 17.3 Å². The lowest BCUT2D eigenvalue weighted by Crippen LogP contribution is -2.66. The number of carbonyl (C=O) groups is 1. The van der Waals surface area contributed by atoms with Gasteiger partial charge >= 0.3 is 0 Å². The molecule has 2 aromatic rings. The summed E-state index contributed by atoms with van der Waals surface area (Å²) in [5, 5.41) is 25.8. The molecule has 0 unspecified atom stereocenters. The molecule has 0 radical (unpaired) electrons. The number of nitrogens with zero attached hydrogens (tertiary/aromatic N) is 3. The van der Waals surface area contributed by atoms with E-state index in [9.17, 15) is 9.90 Å². The molecule has 0 saturated carbocycles. The minimum Gasteiger partial charge on any atom is -0.507 e. The summed E-state index contributed by atoms with van der Waals surface area (Å²) in [6, 6.07) is 9.54. The van der Waals surface area contributed by atoms with Crippen LogP contribution in [0.2, 0.25) is 0 Å². The maximum atomic E-state index is 11.4. The molecule has 1 amide bonds. The average molecular weight is 436 g/mol. The van der Waals surface area contributed by atoms with Crippen LogP contribution in [-0.4, -0.2) is 52.4 Å². The number of phenolic OH excluding ortho intramolecular Hbond substituents is 1. The second kappa shape index (κ2) is 8.54. The van der Waals surface area contributed by atoms with E-state index >= 15 is 0 Å². The van der Waals surface area contributed by atoms with E-state index in [0.717, 1.165) is 24.2 Å². The van der Waals surface area contributed by atoms with Gasteiger partial charge in [-0.1, -0.05) is 6.07 Å². The summed E-state index contributed by atoms with van der Waals surface area (Å²) in [7, 11) is 3.68. The Hall–Kier alpha value is -2.93. The highest BCUT2D eigenvalue weighted by Gasteiger charge is 2.46. The normalized spacial score (nSPS) is 27.3. The van der Waals surface area contributed by atoms with Gasteiger partial charge in [0.1, 0.15) is 5.75 Å². The van der Waals surface area contributed by atoms with Crippen molar-refractivity contribution in [2.45, 2.75) is 63.1 Å². The molecule has 2 saturated heterocycles. The van der Waals surface area contributed by atoms with Gasteiger partial charge in [0.2, 0.25) is 5.91 Å². The van der Waals surface area contributed by atoms with Crippen LogP contribution in [0.4, 0.5) is 5.82 Å². The standard InChI is InChI=1S/C25H33N5O2/c1-24-12-5-13-25(2,29-24)16-18(15-24)30(4)22-10-9-20(27-28-22)19-8-6-17(14-21(19)31)7-11-23(32)26-3/h6-11,14,18,29,31H,5,12-13,15-16H2,1-4H3,(H,26,32)/b11-7+/t18-,24+,25-. The number of benzene rings is 1. The largest absolute Gasteiger partial charge is 0.507 e. The molecule has 0 spiro atoms. The number of amides is 1. The molecule has 1 aromatic carbocycles. The summed E-state index contributed by atoms with van der Waals surface area (Å²) in [4.78, 5) is 13.6. The van der Waals surface area contributed by atoms with Crippen molar-refractivity contribution in [3.05, 3.63) is 42.0 Å². The second-order valence-corrected chi connectivity index (χ2v) is 9.77. The van der Waals surface area contributed by atoms with Crippen LogP contribution in [0.3, 0.4) is 0 Å². The van der Waals surface area contributed by atoms with E-state index in [1.54, 1.807) is 25.3 Å². The molecule has 2 bridgehead atoms. The molecule has 2 aliphatic heterocycles. The summed E-state index contributed by atoms with van der Waals surface area (Å²) in [5.74, 6) is 0.751. The monoisotopic (exact) mass is 435 g/mol. The van der Waals surface area contributed by atoms with Crippen molar-refractivity contribution in [3.63, 3.8) is 0 Å². The zero-order chi connectivity index (χ0) is 22.9. The number of carbonyl (C=O) groups excluding carboxylic acids is 1. The van der Waals surface area contributed by atoms with Crippen molar-refractivity contribution in [1.82, 2.24) is 20.8 Å². The van der Waals surface area contributed by atoms with Crippen LogP contribution in [-0.2, 0) is 4.79 Å². The number of likely N-dealkylation sites (N-methyl/N-ethyl adjacent to an activating group) is 1. The number of phenols is 1. The molecule has 2 fully saturated rings. The third kappa shape index (κ3) is 4.63. The summed E-state index contributed by atoms with van der Waals surface area (Å²) < 4.78 is 0. The molecule has 4 rings (SSSR count). The van der Waals surface area contributed by atoms with Crippen molar-refractivity contribution >= 4 is 17.8 Å². The van der Waals surface area contributed by atoms with Gasteiger partial charge in [0.15, 0.2) is 5.82 Å². The predicted molar refractivity (Wildman–Crippen MR) is 127 cm³/mol. The molecule has 3 heterocycles. The van der Waals surface area contributed by atoms with Crippen molar-refractivity contribution in [2.75, 3.05) is 19.0 Å². The van der Waals surface area contributed by atoms with E-state index in [1.165, 1.54) is 25.3 Å². The number of aromatic nitrogens is 2. The Labute approximate surface area is 189 Å². The van der Waals surface area contributed by atoms with E-state index < -0.39 is 0 Å². The quantitative estimate of drug-likeness (QED) is 0.623. The summed E-state index contributed by atoms with van der Waals surface area (Å²) in [5.41, 5.74) is 2.31. The highest BCUT2D eigenvalue weighted by atomic mass is 16.3. The Kier molecular flexibility index (Phi) is 5.95. The lowest BCUT2D eigenvalue weighted by molar-refractivity contribution is -0.115. The van der Waals surface area contributed by atoms with Crippen LogP contribution >= 0.6 is 0 Å². The zero-order valence-corrected chi connectivity index (χ0v) is 19.4. The van der Waals surface area contributed by atoms with Gasteiger partial charge in [-0.3, -0.25) is 4.79 Å². The molecular weight excluding hydrogens is 402 g/mol. The summed E-state index contributed by atoms with van der Waals surface area (Å²) in [6.07, 6.45) is 8.98. The Bertz CT molecular complexity index is 1000. The molecule has 1 aromatic heterocycles. The maximum absolute atomic E-state index is 11.4. The summed E-state index contributed by atoms with van der Waals surface area (Å²) in [6.45, 7) is 4.69. The first-order chi connectivity index (χ1) is 15.2. The van der Waals surface area contributed by atoms with Gasteiger partial charge in [0.05, 0.1) is 5.69 Å². The van der Waals surface area contributed by atoms with Gasteiger partial charge < -0.3 is 20.6 Å². The fourth-order valence-corrected chi connectivity index (χ4v) is 5.38. The Morgan fingerprint density at radius 3 is 2.50 bits per heavy atom. The number of piperidine rings is 2. The number of aromatic hydroxyl groups is 1. The minimum atomic E-state index is -0.195. The third-order valence-corrected chi connectivity index (χ3v) is 6.96. The predicted octanol–water partition coefficient (Wildman–Crippen LogP) is 3.50. The first kappa shape index (κ1) is 22.3. The van der Waals surface area contributed by atoms with Gasteiger partial charge in [-0.25, -0.2) is 0 Å². The second-order valence-electron chi connectivity index (χ2n) is 9.77. The fourth-order valence-electron chi connectivity index (χ4n) is 5.38. The van der Waals surface area contributed by atoms with E-state index in [-0.39, 0.29) is 22.7 Å². The Morgan fingerprint density at radius 2 is 1.91 bits per heavy atom. The highest BCUT2D eigenvalue weighted by molar-refractivity contribution is 5.91. The van der Waals surface area contributed by atoms with Crippen LogP contribution in [0.1, 0.15) is 51.5 Å². The van der Waals surface area contributed by atoms with Crippen molar-refractivity contribution in [2.24, 2.45) is 0 Å². The molecule has 2 aliphatic rings. The van der Waals surface area contributed by atoms with Crippen LogP contribution in [0.25, 0.3) is 17.3 Å². The van der Waals surface area contributed by atoms with E-state index in [1.807, 2.05) is 18.2 Å². The van der Waals surface area contributed by atoms with Crippen molar-refractivity contribution < 1.29 is 9.90 Å². The molecule has 170 valence electrons. The van der Waals surface area contributed by atoms with Gasteiger partial charge in [0, 0.05) is 42.9 Å². The smallest absolute Gasteiger partial charge is 0.243 e. The first-order valence-electron chi connectivity index (χ1n) is 11.3. The highest BCUT2D eigenvalue weighted by Crippen LogP contribution is 2.41. The lowest BCUT2D eigenvalue weighted by atomic mass is 9.69. The molecule has 7 nitrogen and oxygen atoms in total. The van der Waals surface area contributed by atoms with Crippen LogP contribution in [0.5, 0.6) is 5.75 Å². The molecule has 0 aliphatic carbocycles. The van der Waals surface area contributed by atoms with E-state index in [4.69, 9.17) is 0 Å². The molecule has 3 atom stereocenters. The molecule has 7 heteroatoms. The Balaban J connectivity index is 1.50. The van der Waals surface area contributed by atoms with Gasteiger partial charge in [-0.2, -0.15) is 0 Å². The third-order valence-electron chi connectivity index (χ3n) is 6.96. The maximum Gasteiger partial charge on any atom is 0.243 e. The van der Waals surface area contributed by atoms with Crippen LogP contribution in [0, 0.1) is 0 Å². The van der Waals surface area contributed by atoms with E-state index in [2.05, 4.69) is 46.6 Å². The summed E-state index contributed by atoms with van der Waals surface area (Å²) >= 11 is 0. The molecule has 3 N–H and O–H groups in total. The zero-order valence-electron chi connectivity index (χ0n) is 19.4. The SMILES string of the molecule is CNC(=O)/C=C/c1ccc(-c2ccc(N(C)[C@@H]3C[C@]4(C)CCC[C@](C)(C3)N4)nn2)c(O)c1. The molecule has 32 heavy (non-hydrogen) atoms. The minimum absolute atomic E-state index is 0.103. The number of fused-ring (bicyclic) bond motifs is 2. The molecular formula is C25H33N5O2. The number of anilines is 1. The Morgan fingerprint density at radius 1 is 1.19 bits per heavy atom. The van der Waals surface area contributed by atoms with Gasteiger partial charge in [0.25, 0.3) is 0 Å². The first-order valence-corrected chi connectivity index (χ1v) is 11.3.